The molecule has 0 aliphatic rings. The van der Waals surface area contributed by atoms with Crippen molar-refractivity contribution < 1.29 is 10.2 Å². The summed E-state index contributed by atoms with van der Waals surface area (Å²) in [5.41, 5.74) is 1.13. The van der Waals surface area contributed by atoms with Crippen molar-refractivity contribution >= 4 is 45.0 Å². The summed E-state index contributed by atoms with van der Waals surface area (Å²) in [5.74, 6) is 0.346. The minimum atomic E-state index is 0.162. The van der Waals surface area contributed by atoms with E-state index >= 15 is 0 Å². The maximum atomic E-state index is 9.37. The Kier molecular flexibility index (Phi) is 4.69. The van der Waals surface area contributed by atoms with Gasteiger partial charge in [0, 0.05) is 23.2 Å². The third-order valence-corrected chi connectivity index (χ3v) is 3.89. The van der Waals surface area contributed by atoms with Gasteiger partial charge in [-0.25, -0.2) is 0 Å². The predicted molar refractivity (Wildman–Crippen MR) is 96.8 cm³/mol. The quantitative estimate of drug-likeness (QED) is 0.454. The minimum absolute atomic E-state index is 0.162. The van der Waals surface area contributed by atoms with Crippen molar-refractivity contribution in [3.05, 3.63) is 71.0 Å². The minimum Gasteiger partial charge on any atom is -0.506 e. The Morgan fingerprint density at radius 1 is 0.792 bits per heavy atom. The second kappa shape index (κ2) is 6.91. The zero-order valence-corrected chi connectivity index (χ0v) is 13.8. The van der Waals surface area contributed by atoms with Gasteiger partial charge in [-0.1, -0.05) is 47.5 Å². The molecule has 0 aliphatic heterocycles. The molecular formula is C18H12Cl2N2O2. The van der Waals surface area contributed by atoms with Gasteiger partial charge in [0.2, 0.25) is 0 Å². The van der Waals surface area contributed by atoms with Crippen LogP contribution in [0.4, 0.5) is 0 Å². The van der Waals surface area contributed by atoms with Gasteiger partial charge in [-0.05, 0) is 24.3 Å². The van der Waals surface area contributed by atoms with E-state index in [0.29, 0.717) is 21.1 Å². The molecule has 4 nitrogen and oxygen atoms in total. The van der Waals surface area contributed by atoms with Crippen molar-refractivity contribution in [3.8, 4) is 11.5 Å². The monoisotopic (exact) mass is 358 g/mol. The van der Waals surface area contributed by atoms with Crippen molar-refractivity contribution in [3.63, 3.8) is 0 Å². The summed E-state index contributed by atoms with van der Waals surface area (Å²) in [6.07, 6.45) is 3.09. The third kappa shape index (κ3) is 3.35. The fraction of sp³-hybridized carbons (Fsp3) is 0. The molecule has 4 rings (SSSR count). The number of hydrogen-bond donors (Lipinski definition) is 2. The number of nitrogens with zero attached hydrogens (tertiary/aromatic N) is 2. The van der Waals surface area contributed by atoms with Gasteiger partial charge >= 0.3 is 0 Å². The Bertz CT molecular complexity index is 981. The van der Waals surface area contributed by atoms with Crippen LogP contribution in [0, 0.1) is 0 Å². The SMILES string of the molecule is Oc1cccc2c(Cl)ccnc12.Oc1cccc2cc(Cl)cnc12. The van der Waals surface area contributed by atoms with Crippen LogP contribution in [0.3, 0.4) is 0 Å². The highest BCUT2D eigenvalue weighted by atomic mass is 35.5. The van der Waals surface area contributed by atoms with Gasteiger partial charge in [-0.2, -0.15) is 0 Å². The highest BCUT2D eigenvalue weighted by Gasteiger charge is 2.02. The summed E-state index contributed by atoms with van der Waals surface area (Å²) in [4.78, 5) is 8.01. The second-order valence-electron chi connectivity index (χ2n) is 4.97. The topological polar surface area (TPSA) is 66.2 Å². The number of pyridine rings is 2. The van der Waals surface area contributed by atoms with Gasteiger partial charge in [0.05, 0.1) is 10.0 Å². The summed E-state index contributed by atoms with van der Waals surface area (Å²) in [7, 11) is 0. The molecule has 2 heterocycles. The first-order valence-corrected chi connectivity index (χ1v) is 7.77. The molecular weight excluding hydrogens is 347 g/mol. The number of aromatic hydroxyl groups is 2. The van der Waals surface area contributed by atoms with E-state index in [1.165, 1.54) is 6.20 Å². The van der Waals surface area contributed by atoms with Crippen LogP contribution in [0.15, 0.2) is 60.9 Å². The van der Waals surface area contributed by atoms with Crippen molar-refractivity contribution in [2.75, 3.05) is 0 Å². The molecule has 24 heavy (non-hydrogen) atoms. The molecule has 0 amide bonds. The molecule has 2 aromatic heterocycles. The van der Waals surface area contributed by atoms with Crippen LogP contribution in [0.2, 0.25) is 10.0 Å². The molecule has 0 unspecified atom stereocenters. The lowest BCUT2D eigenvalue weighted by molar-refractivity contribution is 0.480. The molecule has 0 aliphatic carbocycles. The molecule has 0 saturated heterocycles. The molecule has 2 N–H and O–H groups in total. The lowest BCUT2D eigenvalue weighted by Crippen LogP contribution is -1.78. The number of phenols is 2. The highest BCUT2D eigenvalue weighted by Crippen LogP contribution is 2.27. The fourth-order valence-corrected chi connectivity index (χ4v) is 2.62. The van der Waals surface area contributed by atoms with E-state index in [1.807, 2.05) is 12.1 Å². The lowest BCUT2D eigenvalue weighted by Gasteiger charge is -1.99. The number of halogens is 2. The van der Waals surface area contributed by atoms with Crippen LogP contribution in [0.5, 0.6) is 11.5 Å². The molecule has 120 valence electrons. The number of para-hydroxylation sites is 2. The number of fused-ring (bicyclic) bond motifs is 2. The zero-order chi connectivity index (χ0) is 17.1. The van der Waals surface area contributed by atoms with E-state index < -0.39 is 0 Å². The van der Waals surface area contributed by atoms with Gasteiger partial charge in [0.15, 0.2) is 0 Å². The third-order valence-electron chi connectivity index (χ3n) is 3.35. The van der Waals surface area contributed by atoms with Crippen LogP contribution in [0.25, 0.3) is 21.8 Å². The Morgan fingerprint density at radius 3 is 2.25 bits per heavy atom. The Balaban J connectivity index is 0.000000141. The van der Waals surface area contributed by atoms with Crippen molar-refractivity contribution in [2.24, 2.45) is 0 Å². The van der Waals surface area contributed by atoms with E-state index in [9.17, 15) is 10.2 Å². The normalized spacial score (nSPS) is 10.4. The molecule has 4 aromatic rings. The van der Waals surface area contributed by atoms with Gasteiger partial charge in [-0.15, -0.1) is 0 Å². The van der Waals surface area contributed by atoms with E-state index in [2.05, 4.69) is 9.97 Å². The highest BCUT2D eigenvalue weighted by molar-refractivity contribution is 6.35. The second-order valence-corrected chi connectivity index (χ2v) is 5.81. The van der Waals surface area contributed by atoms with Gasteiger partial charge < -0.3 is 10.2 Å². The van der Waals surface area contributed by atoms with Crippen LogP contribution in [-0.4, -0.2) is 20.2 Å². The van der Waals surface area contributed by atoms with Crippen molar-refractivity contribution in [1.29, 1.82) is 0 Å². The Labute approximate surface area is 147 Å². The summed E-state index contributed by atoms with van der Waals surface area (Å²) < 4.78 is 0. The van der Waals surface area contributed by atoms with E-state index in [4.69, 9.17) is 23.2 Å². The molecule has 0 spiro atoms. The average molecular weight is 359 g/mol. The van der Waals surface area contributed by atoms with Crippen LogP contribution in [0.1, 0.15) is 0 Å². The predicted octanol–water partition coefficient (Wildman–Crippen LogP) is 5.19. The first-order chi connectivity index (χ1) is 11.6. The molecule has 0 atom stereocenters. The summed E-state index contributed by atoms with van der Waals surface area (Å²) >= 11 is 11.6. The maximum absolute atomic E-state index is 9.37. The van der Waals surface area contributed by atoms with Crippen LogP contribution >= 0.6 is 23.2 Å². The standard InChI is InChI=1S/2C9H6ClNO/c10-7-4-6-2-1-3-8(12)9(6)11-5-7;10-7-4-5-11-9-6(7)2-1-3-8(9)12/h2*1-5,12H. The van der Waals surface area contributed by atoms with E-state index in [1.54, 1.807) is 42.6 Å². The van der Waals surface area contributed by atoms with Gasteiger partial charge in [-0.3, -0.25) is 9.97 Å². The molecule has 0 fully saturated rings. The molecule has 0 bridgehead atoms. The largest absolute Gasteiger partial charge is 0.506 e. The lowest BCUT2D eigenvalue weighted by atomic mass is 10.2. The maximum Gasteiger partial charge on any atom is 0.141 e. The van der Waals surface area contributed by atoms with E-state index in [-0.39, 0.29) is 11.5 Å². The fourth-order valence-electron chi connectivity index (χ4n) is 2.24. The van der Waals surface area contributed by atoms with Gasteiger partial charge in [0.1, 0.15) is 22.5 Å². The summed E-state index contributed by atoms with van der Waals surface area (Å²) in [6.45, 7) is 0. The van der Waals surface area contributed by atoms with Crippen molar-refractivity contribution in [1.82, 2.24) is 9.97 Å². The smallest absolute Gasteiger partial charge is 0.141 e. The molecule has 0 radical (unpaired) electrons. The number of benzene rings is 2. The zero-order valence-electron chi connectivity index (χ0n) is 12.3. The molecule has 2 aromatic carbocycles. The first-order valence-electron chi connectivity index (χ1n) is 7.01. The molecule has 6 heteroatoms. The average Bonchev–Trinajstić information content (AvgIpc) is 2.57. The Hall–Kier alpha value is -2.56. The first kappa shape index (κ1) is 16.3. The Morgan fingerprint density at radius 2 is 1.50 bits per heavy atom. The number of hydrogen-bond acceptors (Lipinski definition) is 4. The molecule has 0 saturated carbocycles. The van der Waals surface area contributed by atoms with Crippen LogP contribution < -0.4 is 0 Å². The summed E-state index contributed by atoms with van der Waals surface area (Å²) in [5, 5.41) is 21.5. The van der Waals surface area contributed by atoms with Crippen molar-refractivity contribution in [2.45, 2.75) is 0 Å². The number of rotatable bonds is 0. The number of aromatic nitrogens is 2. The number of phenolic OH excluding ortho intramolecular Hbond substituents is 2. The van der Waals surface area contributed by atoms with E-state index in [0.717, 1.165) is 10.8 Å². The van der Waals surface area contributed by atoms with Gasteiger partial charge in [0.25, 0.3) is 0 Å². The summed E-state index contributed by atoms with van der Waals surface area (Å²) in [6, 6.07) is 13.8. The van der Waals surface area contributed by atoms with Crippen LogP contribution in [-0.2, 0) is 0 Å².